The summed E-state index contributed by atoms with van der Waals surface area (Å²) in [6, 6.07) is 1.69. The van der Waals surface area contributed by atoms with Gasteiger partial charge in [0.25, 0.3) is 5.91 Å². The summed E-state index contributed by atoms with van der Waals surface area (Å²) in [5, 5.41) is 11.1. The summed E-state index contributed by atoms with van der Waals surface area (Å²) in [7, 11) is 1.73. The summed E-state index contributed by atoms with van der Waals surface area (Å²) in [5.74, 6) is -1.30. The van der Waals surface area contributed by atoms with Crippen LogP contribution in [-0.2, 0) is 9.59 Å². The predicted molar refractivity (Wildman–Crippen MR) is 120 cm³/mol. The number of aromatic nitrogens is 1. The van der Waals surface area contributed by atoms with Gasteiger partial charge in [0.05, 0.1) is 30.8 Å². The number of anilines is 1. The zero-order valence-corrected chi connectivity index (χ0v) is 19.5. The Hall–Kier alpha value is -2.08. The SMILES string of the molecule is Cc1sc([C@@H]2CCCN2C(=O)CN(C)CCC(=O)O)cc1C(=O)Nc1ncc(F)s1.Cl. The Morgan fingerprint density at radius 3 is 2.77 bits per heavy atom. The first-order valence-electron chi connectivity index (χ1n) is 9.47. The van der Waals surface area contributed by atoms with Crippen LogP contribution in [-0.4, -0.2) is 64.4 Å². The monoisotopic (exact) mass is 490 g/mol. The fraction of sp³-hybridized carbons (Fsp3) is 0.474. The van der Waals surface area contributed by atoms with Crippen molar-refractivity contribution >= 4 is 58.0 Å². The number of halogens is 2. The molecule has 0 aliphatic carbocycles. The molecule has 0 saturated carbocycles. The maximum absolute atomic E-state index is 13.1. The third-order valence-electron chi connectivity index (χ3n) is 4.89. The first-order chi connectivity index (χ1) is 14.2. The normalized spacial score (nSPS) is 15.7. The van der Waals surface area contributed by atoms with E-state index in [9.17, 15) is 18.8 Å². The number of aliphatic carboxylic acids is 1. The molecule has 8 nitrogen and oxygen atoms in total. The highest BCUT2D eigenvalue weighted by Gasteiger charge is 2.32. The van der Waals surface area contributed by atoms with Crippen molar-refractivity contribution in [1.82, 2.24) is 14.8 Å². The molecule has 0 aromatic carbocycles. The maximum Gasteiger partial charge on any atom is 0.304 e. The topological polar surface area (TPSA) is 103 Å². The second kappa shape index (κ2) is 11.0. The molecule has 2 aromatic rings. The van der Waals surface area contributed by atoms with Crippen molar-refractivity contribution in [2.45, 2.75) is 32.2 Å². The second-order valence-corrected chi connectivity index (χ2v) is 9.44. The third kappa shape index (κ3) is 6.45. The molecule has 31 heavy (non-hydrogen) atoms. The molecule has 2 amide bonds. The summed E-state index contributed by atoms with van der Waals surface area (Å²) in [5.41, 5.74) is 0.489. The number of thiazole rings is 1. The van der Waals surface area contributed by atoms with Gasteiger partial charge in [-0.05, 0) is 32.9 Å². The number of amides is 2. The van der Waals surface area contributed by atoms with E-state index in [2.05, 4.69) is 10.3 Å². The van der Waals surface area contributed by atoms with Crippen LogP contribution in [0.4, 0.5) is 9.52 Å². The van der Waals surface area contributed by atoms with Crippen molar-refractivity contribution in [3.8, 4) is 0 Å². The first-order valence-corrected chi connectivity index (χ1v) is 11.1. The van der Waals surface area contributed by atoms with Gasteiger partial charge in [-0.25, -0.2) is 4.98 Å². The summed E-state index contributed by atoms with van der Waals surface area (Å²) in [6.07, 6.45) is 2.72. The van der Waals surface area contributed by atoms with Gasteiger partial charge in [-0.1, -0.05) is 11.3 Å². The van der Waals surface area contributed by atoms with E-state index in [1.165, 1.54) is 11.3 Å². The van der Waals surface area contributed by atoms with E-state index in [1.54, 1.807) is 22.9 Å². The molecule has 1 saturated heterocycles. The van der Waals surface area contributed by atoms with Crippen LogP contribution >= 0.6 is 35.1 Å². The molecule has 0 unspecified atom stereocenters. The number of aryl methyl sites for hydroxylation is 1. The lowest BCUT2D eigenvalue weighted by Crippen LogP contribution is -2.39. The molecule has 0 spiro atoms. The molecule has 3 rings (SSSR count). The minimum absolute atomic E-state index is 0. The average molecular weight is 491 g/mol. The highest BCUT2D eigenvalue weighted by molar-refractivity contribution is 7.14. The predicted octanol–water partition coefficient (Wildman–Crippen LogP) is 3.40. The van der Waals surface area contributed by atoms with Crippen molar-refractivity contribution < 1.29 is 23.9 Å². The molecule has 2 aromatic heterocycles. The van der Waals surface area contributed by atoms with Crippen LogP contribution in [0.15, 0.2) is 12.3 Å². The Morgan fingerprint density at radius 2 is 2.13 bits per heavy atom. The number of carbonyl (C=O) groups is 3. The number of carboxylic acid groups (broad SMARTS) is 1. The fourth-order valence-electron chi connectivity index (χ4n) is 3.42. The molecule has 1 aliphatic rings. The summed E-state index contributed by atoms with van der Waals surface area (Å²) < 4.78 is 13.1. The van der Waals surface area contributed by atoms with Crippen molar-refractivity contribution in [3.05, 3.63) is 32.7 Å². The number of carboxylic acids is 1. The number of hydrogen-bond donors (Lipinski definition) is 2. The number of carbonyl (C=O) groups excluding carboxylic acids is 2. The number of rotatable bonds is 8. The Labute approximate surface area is 193 Å². The molecule has 0 radical (unpaired) electrons. The number of thiophene rings is 1. The Balaban J connectivity index is 0.00000341. The smallest absolute Gasteiger partial charge is 0.304 e. The van der Waals surface area contributed by atoms with Gasteiger partial charge >= 0.3 is 5.97 Å². The fourth-order valence-corrected chi connectivity index (χ4v) is 5.13. The molecule has 0 bridgehead atoms. The minimum Gasteiger partial charge on any atom is -0.481 e. The van der Waals surface area contributed by atoms with Crippen LogP contribution in [0.25, 0.3) is 0 Å². The van der Waals surface area contributed by atoms with E-state index in [0.29, 0.717) is 18.7 Å². The van der Waals surface area contributed by atoms with Gasteiger partial charge in [-0.2, -0.15) is 4.39 Å². The van der Waals surface area contributed by atoms with Crippen LogP contribution in [0.1, 0.15) is 45.4 Å². The lowest BCUT2D eigenvalue weighted by Gasteiger charge is -2.26. The van der Waals surface area contributed by atoms with E-state index in [4.69, 9.17) is 5.11 Å². The Morgan fingerprint density at radius 1 is 1.39 bits per heavy atom. The van der Waals surface area contributed by atoms with E-state index in [0.717, 1.165) is 40.1 Å². The van der Waals surface area contributed by atoms with Crippen LogP contribution < -0.4 is 5.32 Å². The van der Waals surface area contributed by atoms with Crippen molar-refractivity contribution in [2.75, 3.05) is 32.0 Å². The van der Waals surface area contributed by atoms with Crippen LogP contribution in [0.2, 0.25) is 0 Å². The molecule has 1 aliphatic heterocycles. The van der Waals surface area contributed by atoms with Gasteiger partial charge in [-0.3, -0.25) is 24.6 Å². The maximum atomic E-state index is 13.1. The van der Waals surface area contributed by atoms with Gasteiger partial charge in [0, 0.05) is 22.8 Å². The van der Waals surface area contributed by atoms with E-state index in [1.807, 2.05) is 6.92 Å². The van der Waals surface area contributed by atoms with Crippen molar-refractivity contribution in [1.29, 1.82) is 0 Å². The number of hydrogen-bond acceptors (Lipinski definition) is 7. The number of likely N-dealkylation sites (tertiary alicyclic amines) is 1. The third-order valence-corrected chi connectivity index (χ3v) is 6.75. The van der Waals surface area contributed by atoms with Crippen LogP contribution in [0, 0.1) is 12.1 Å². The average Bonchev–Trinajstić information content (AvgIpc) is 3.39. The minimum atomic E-state index is -0.895. The molecular formula is C19H24ClFN4O4S2. The molecular weight excluding hydrogens is 467 g/mol. The van der Waals surface area contributed by atoms with Crippen molar-refractivity contribution in [3.63, 3.8) is 0 Å². The van der Waals surface area contributed by atoms with Crippen molar-refractivity contribution in [2.24, 2.45) is 0 Å². The van der Waals surface area contributed by atoms with Gasteiger partial charge in [0.2, 0.25) is 5.91 Å². The van der Waals surface area contributed by atoms with E-state index < -0.39 is 11.1 Å². The Bertz CT molecular complexity index is 951. The van der Waals surface area contributed by atoms with Gasteiger partial charge in [0.1, 0.15) is 0 Å². The molecule has 2 N–H and O–H groups in total. The standard InChI is InChI=1S/C19H23FN4O4S2.ClH/c1-11-12(18(28)22-19-21-9-15(20)30-19)8-14(29-11)13-4-3-6-24(13)16(25)10-23(2)7-5-17(26)27;/h8-9,13H,3-7,10H2,1-2H3,(H,26,27)(H,21,22,28);1H/t13-;/m0./s1. The second-order valence-electron chi connectivity index (χ2n) is 7.17. The van der Waals surface area contributed by atoms with Gasteiger partial charge in [0.15, 0.2) is 10.3 Å². The van der Waals surface area contributed by atoms with E-state index in [-0.39, 0.29) is 48.4 Å². The summed E-state index contributed by atoms with van der Waals surface area (Å²) in [6.45, 7) is 2.93. The molecule has 170 valence electrons. The molecule has 12 heteroatoms. The zero-order valence-electron chi connectivity index (χ0n) is 17.1. The molecule has 3 heterocycles. The highest BCUT2D eigenvalue weighted by Crippen LogP contribution is 2.37. The Kier molecular flexibility index (Phi) is 8.92. The lowest BCUT2D eigenvalue weighted by molar-refractivity contribution is -0.138. The first kappa shape index (κ1) is 25.2. The quantitative estimate of drug-likeness (QED) is 0.588. The van der Waals surface area contributed by atoms with E-state index >= 15 is 0 Å². The largest absolute Gasteiger partial charge is 0.481 e. The zero-order chi connectivity index (χ0) is 21.8. The van der Waals surface area contributed by atoms with Gasteiger partial charge < -0.3 is 10.0 Å². The number of nitrogens with one attached hydrogen (secondary N) is 1. The summed E-state index contributed by atoms with van der Waals surface area (Å²) in [4.78, 5) is 45.1. The summed E-state index contributed by atoms with van der Waals surface area (Å²) >= 11 is 2.24. The highest BCUT2D eigenvalue weighted by atomic mass is 35.5. The van der Waals surface area contributed by atoms with Crippen LogP contribution in [0.3, 0.4) is 0 Å². The number of nitrogens with zero attached hydrogens (tertiary/aromatic N) is 3. The molecule has 1 fully saturated rings. The lowest BCUT2D eigenvalue weighted by atomic mass is 10.1. The van der Waals surface area contributed by atoms with Crippen LogP contribution in [0.5, 0.6) is 0 Å². The number of likely N-dealkylation sites (N-methyl/N-ethyl adjacent to an activating group) is 1. The van der Waals surface area contributed by atoms with Gasteiger partial charge in [-0.15, -0.1) is 23.7 Å². The molecule has 1 atom stereocenters.